The molecule has 0 bridgehead atoms. The molecule has 242 valence electrons. The number of benzene rings is 7. The first kappa shape index (κ1) is 30.6. The molecule has 0 amide bonds. The Labute approximate surface area is 300 Å². The van der Waals surface area contributed by atoms with Gasteiger partial charge < -0.3 is 4.57 Å². The highest BCUT2D eigenvalue weighted by Gasteiger charge is 2.17. The fourth-order valence-electron chi connectivity index (χ4n) is 7.01. The van der Waals surface area contributed by atoms with E-state index in [0.717, 1.165) is 22.4 Å². The van der Waals surface area contributed by atoms with E-state index in [9.17, 15) is 0 Å². The zero-order chi connectivity index (χ0) is 34.1. The number of fused-ring (bicyclic) bond motifs is 6. The molecule has 2 heterocycles. The summed E-state index contributed by atoms with van der Waals surface area (Å²) in [6.07, 6.45) is 0. The second-order valence-electron chi connectivity index (χ2n) is 12.5. The maximum atomic E-state index is 5.25. The van der Waals surface area contributed by atoms with E-state index in [1.165, 1.54) is 53.1 Å². The number of rotatable bonds is 6. The van der Waals surface area contributed by atoms with Crippen LogP contribution in [-0.4, -0.2) is 23.0 Å². The lowest BCUT2D eigenvalue weighted by atomic mass is 10.0. The minimum Gasteiger partial charge on any atom is -0.309 e. The molecule has 0 aliphatic heterocycles. The van der Waals surface area contributed by atoms with Crippen molar-refractivity contribution in [2.24, 2.45) is 15.0 Å². The van der Waals surface area contributed by atoms with E-state index >= 15 is 0 Å². The average molecular weight is 673 g/mol. The van der Waals surface area contributed by atoms with Crippen molar-refractivity contribution >= 4 is 71.7 Å². The quantitative estimate of drug-likeness (QED) is 0.125. The molecule has 0 saturated heterocycles. The Hall–Kier alpha value is -6.43. The van der Waals surface area contributed by atoms with Crippen LogP contribution in [0.2, 0.25) is 0 Å². The average Bonchev–Trinajstić information content (AvgIpc) is 3.74. The largest absolute Gasteiger partial charge is 0.309 e. The third-order valence-corrected chi connectivity index (χ3v) is 10.7. The Morgan fingerprint density at radius 3 is 1.76 bits per heavy atom. The van der Waals surface area contributed by atoms with Crippen LogP contribution < -0.4 is 0 Å². The number of hydrogen-bond acceptors (Lipinski definition) is 2. The van der Waals surface area contributed by atoms with Gasteiger partial charge in [0.1, 0.15) is 0 Å². The number of thiophene rings is 1. The molecule has 9 aromatic rings. The second kappa shape index (κ2) is 13.1. The minimum absolute atomic E-state index is 0.437. The summed E-state index contributed by atoms with van der Waals surface area (Å²) >= 11 is 1.83. The highest BCUT2D eigenvalue weighted by Crippen LogP contribution is 2.41. The van der Waals surface area contributed by atoms with Crippen molar-refractivity contribution in [2.75, 3.05) is 0 Å². The summed E-state index contributed by atoms with van der Waals surface area (Å²) in [5.41, 5.74) is 8.83. The fourth-order valence-corrected chi connectivity index (χ4v) is 8.18. The highest BCUT2D eigenvalue weighted by atomic mass is 32.1. The van der Waals surface area contributed by atoms with Crippen LogP contribution in [0.4, 0.5) is 0 Å². The lowest BCUT2D eigenvalue weighted by Gasteiger charge is -2.12. The van der Waals surface area contributed by atoms with E-state index in [4.69, 9.17) is 9.98 Å². The van der Waals surface area contributed by atoms with Gasteiger partial charge in [-0.15, -0.1) is 11.3 Å². The molecule has 0 fully saturated rings. The highest BCUT2D eigenvalue weighted by molar-refractivity contribution is 7.26. The molecule has 0 aliphatic rings. The molecule has 51 heavy (non-hydrogen) atoms. The number of amidine groups is 2. The van der Waals surface area contributed by atoms with Crippen LogP contribution >= 0.6 is 11.3 Å². The Bertz CT molecular complexity index is 2720. The van der Waals surface area contributed by atoms with Gasteiger partial charge in [0.05, 0.1) is 17.6 Å². The smallest absolute Gasteiger partial charge is 0.161 e. The van der Waals surface area contributed by atoms with Crippen LogP contribution in [0.3, 0.4) is 0 Å². The Kier molecular flexibility index (Phi) is 7.88. The van der Waals surface area contributed by atoms with Crippen LogP contribution in [0.15, 0.2) is 185 Å². The molecule has 9 rings (SSSR count). The van der Waals surface area contributed by atoms with Gasteiger partial charge in [0.25, 0.3) is 0 Å². The van der Waals surface area contributed by atoms with Crippen LogP contribution in [0.25, 0.3) is 58.8 Å². The maximum Gasteiger partial charge on any atom is 0.161 e. The molecule has 0 atom stereocenters. The van der Waals surface area contributed by atoms with E-state index in [-0.39, 0.29) is 0 Å². The number of aromatic nitrogens is 1. The van der Waals surface area contributed by atoms with E-state index < -0.39 is 0 Å². The zero-order valence-electron chi connectivity index (χ0n) is 27.8. The third-order valence-electron chi connectivity index (χ3n) is 9.40. The Morgan fingerprint density at radius 2 is 1.12 bits per heavy atom. The van der Waals surface area contributed by atoms with Crippen molar-refractivity contribution in [3.05, 3.63) is 187 Å². The molecule has 0 unspecified atom stereocenters. The van der Waals surface area contributed by atoms with Crippen molar-refractivity contribution in [3.63, 3.8) is 0 Å². The van der Waals surface area contributed by atoms with Crippen molar-refractivity contribution in [1.29, 1.82) is 0 Å². The van der Waals surface area contributed by atoms with Gasteiger partial charge >= 0.3 is 0 Å². The van der Waals surface area contributed by atoms with Gasteiger partial charge in [-0.25, -0.2) is 9.98 Å². The SMILES string of the molecule is C=NC(=NC(=NCc1cc(-n2c3ccccc3c3ccccc32)cc2c1sc1ccc(-c3ccccc3)cc12)c1ccccc1)c1ccccc1. The van der Waals surface area contributed by atoms with Crippen molar-refractivity contribution in [2.45, 2.75) is 6.54 Å². The van der Waals surface area contributed by atoms with Gasteiger partial charge in [-0.3, -0.25) is 4.99 Å². The Balaban J connectivity index is 1.28. The van der Waals surface area contributed by atoms with Gasteiger partial charge in [-0.2, -0.15) is 0 Å². The first-order valence-corrected chi connectivity index (χ1v) is 17.8. The van der Waals surface area contributed by atoms with Gasteiger partial charge in [0.2, 0.25) is 0 Å². The van der Waals surface area contributed by atoms with Crippen molar-refractivity contribution in [3.8, 4) is 16.8 Å². The van der Waals surface area contributed by atoms with E-state index in [2.05, 4.69) is 125 Å². The third kappa shape index (κ3) is 5.64. The number of nitrogens with zero attached hydrogens (tertiary/aromatic N) is 4. The van der Waals surface area contributed by atoms with E-state index in [0.29, 0.717) is 18.2 Å². The van der Waals surface area contributed by atoms with Gasteiger partial charge in [-0.05, 0) is 59.8 Å². The molecule has 2 aromatic heterocycles. The molecule has 0 N–H and O–H groups in total. The molecule has 0 radical (unpaired) electrons. The summed E-state index contributed by atoms with van der Waals surface area (Å²) < 4.78 is 4.87. The predicted molar refractivity (Wildman–Crippen MR) is 218 cm³/mol. The fraction of sp³-hybridized carbons (Fsp3) is 0.0217. The summed E-state index contributed by atoms with van der Waals surface area (Å²) in [6.45, 7) is 4.29. The maximum absolute atomic E-state index is 5.25. The topological polar surface area (TPSA) is 42.0 Å². The van der Waals surface area contributed by atoms with Gasteiger partial charge in [-0.1, -0.05) is 133 Å². The number of aliphatic imine (C=N–C) groups is 3. The normalized spacial score (nSPS) is 12.3. The number of hydrogen-bond donors (Lipinski definition) is 0. The first-order chi connectivity index (χ1) is 25.2. The number of para-hydroxylation sites is 2. The van der Waals surface area contributed by atoms with Crippen LogP contribution in [0.1, 0.15) is 16.7 Å². The van der Waals surface area contributed by atoms with E-state index in [1.54, 1.807) is 0 Å². The zero-order valence-corrected chi connectivity index (χ0v) is 28.6. The summed E-state index contributed by atoms with van der Waals surface area (Å²) in [7, 11) is 0. The summed E-state index contributed by atoms with van der Waals surface area (Å²) in [4.78, 5) is 14.6. The monoisotopic (exact) mass is 672 g/mol. The molecule has 5 heteroatoms. The van der Waals surface area contributed by atoms with Gasteiger partial charge in [0.15, 0.2) is 11.7 Å². The predicted octanol–water partition coefficient (Wildman–Crippen LogP) is 11.9. The molecule has 0 saturated carbocycles. The molecular weight excluding hydrogens is 641 g/mol. The summed E-state index contributed by atoms with van der Waals surface area (Å²) in [6, 6.07) is 59.5. The standard InChI is InChI=1S/C46H32N4S/c1-47-45(32-17-7-3-8-18-32)49-46(33-19-9-4-10-20-33)48-30-35-27-36(50-41-23-13-11-21-37(41)38-22-12-14-24-42(38)50)29-40-39-28-34(31-15-5-2-6-16-31)25-26-43(39)51-44(35)40/h2-29H,1,30H2. The summed E-state index contributed by atoms with van der Waals surface area (Å²) in [5.74, 6) is 1.16. The summed E-state index contributed by atoms with van der Waals surface area (Å²) in [5, 5.41) is 4.94. The van der Waals surface area contributed by atoms with Crippen LogP contribution in [0, 0.1) is 0 Å². The lowest BCUT2D eigenvalue weighted by Crippen LogP contribution is -2.05. The lowest BCUT2D eigenvalue weighted by molar-refractivity contribution is 1.07. The molecule has 0 aliphatic carbocycles. The Morgan fingerprint density at radius 1 is 0.529 bits per heavy atom. The first-order valence-electron chi connectivity index (χ1n) is 17.0. The second-order valence-corrected chi connectivity index (χ2v) is 13.5. The van der Waals surface area contributed by atoms with Gasteiger partial charge in [0, 0.05) is 47.8 Å². The molecule has 4 nitrogen and oxygen atoms in total. The van der Waals surface area contributed by atoms with Crippen LogP contribution in [-0.2, 0) is 6.54 Å². The molecular formula is C46H32N4S. The van der Waals surface area contributed by atoms with Crippen LogP contribution in [0.5, 0.6) is 0 Å². The van der Waals surface area contributed by atoms with Crippen molar-refractivity contribution < 1.29 is 0 Å². The minimum atomic E-state index is 0.437. The molecule has 0 spiro atoms. The molecule has 7 aromatic carbocycles. The van der Waals surface area contributed by atoms with E-state index in [1.807, 2.05) is 72.0 Å². The van der Waals surface area contributed by atoms with Crippen molar-refractivity contribution in [1.82, 2.24) is 4.57 Å².